The van der Waals surface area contributed by atoms with Crippen molar-refractivity contribution < 1.29 is 9.59 Å². The summed E-state index contributed by atoms with van der Waals surface area (Å²) in [6.45, 7) is 3.12. The Morgan fingerprint density at radius 3 is 2.50 bits per heavy atom. The number of carbonyl (C=O) groups excluding carboxylic acids is 2. The molecule has 126 valence electrons. The van der Waals surface area contributed by atoms with Crippen LogP contribution in [-0.2, 0) is 4.79 Å². The molecule has 0 bridgehead atoms. The molecule has 6 nitrogen and oxygen atoms in total. The fraction of sp³-hybridized carbons (Fsp3) is 0.875. The normalized spacial score (nSPS) is 25.5. The number of nitrogens with two attached hydrogens (primary N) is 1. The first-order valence-corrected chi connectivity index (χ1v) is 8.66. The predicted octanol–water partition coefficient (Wildman–Crippen LogP) is 1.35. The van der Waals surface area contributed by atoms with Crippen LogP contribution in [0.4, 0.5) is 4.79 Å². The van der Waals surface area contributed by atoms with E-state index in [1.165, 1.54) is 6.42 Å². The average Bonchev–Trinajstić information content (AvgIpc) is 2.48. The Balaban J connectivity index is 1.74. The van der Waals surface area contributed by atoms with Gasteiger partial charge < -0.3 is 11.1 Å². The summed E-state index contributed by atoms with van der Waals surface area (Å²) in [5.41, 5.74) is 6.01. The SMILES string of the molecule is CC(N)C1CCCCN1CC(=O)NC(=O)NC1CCCCC1. The number of imide groups is 1. The number of amides is 3. The second-order valence-electron chi connectivity index (χ2n) is 6.75. The van der Waals surface area contributed by atoms with Crippen molar-refractivity contribution in [1.29, 1.82) is 0 Å². The molecule has 2 fully saturated rings. The van der Waals surface area contributed by atoms with Crippen LogP contribution in [0.5, 0.6) is 0 Å². The molecule has 1 saturated heterocycles. The van der Waals surface area contributed by atoms with Gasteiger partial charge in [0.05, 0.1) is 6.54 Å². The molecule has 2 atom stereocenters. The molecule has 1 aliphatic carbocycles. The molecule has 0 spiro atoms. The number of carbonyl (C=O) groups is 2. The van der Waals surface area contributed by atoms with E-state index in [9.17, 15) is 9.59 Å². The van der Waals surface area contributed by atoms with E-state index in [2.05, 4.69) is 15.5 Å². The standard InChI is InChI=1S/C16H30N4O2/c1-12(17)14-9-5-6-10-20(14)11-15(21)19-16(22)18-13-7-3-2-4-8-13/h12-14H,2-11,17H2,1H3,(H2,18,19,21,22). The minimum absolute atomic E-state index is 0.0455. The summed E-state index contributed by atoms with van der Waals surface area (Å²) in [6.07, 6.45) is 8.86. The number of hydrogen-bond acceptors (Lipinski definition) is 4. The van der Waals surface area contributed by atoms with Crippen molar-refractivity contribution in [3.63, 3.8) is 0 Å². The molecule has 22 heavy (non-hydrogen) atoms. The van der Waals surface area contributed by atoms with Gasteiger partial charge in [0.15, 0.2) is 0 Å². The summed E-state index contributed by atoms with van der Waals surface area (Å²) in [4.78, 5) is 26.1. The smallest absolute Gasteiger partial charge is 0.321 e. The van der Waals surface area contributed by atoms with E-state index < -0.39 is 0 Å². The second-order valence-corrected chi connectivity index (χ2v) is 6.75. The Hall–Kier alpha value is -1.14. The Bertz CT molecular complexity index is 380. The summed E-state index contributed by atoms with van der Waals surface area (Å²) in [7, 11) is 0. The lowest BCUT2D eigenvalue weighted by Gasteiger charge is -2.37. The maximum atomic E-state index is 12.1. The van der Waals surface area contributed by atoms with Gasteiger partial charge in [0, 0.05) is 18.1 Å². The van der Waals surface area contributed by atoms with Crippen LogP contribution in [0.3, 0.4) is 0 Å². The summed E-state index contributed by atoms with van der Waals surface area (Å²) in [5.74, 6) is -0.235. The summed E-state index contributed by atoms with van der Waals surface area (Å²) >= 11 is 0. The van der Waals surface area contributed by atoms with Crippen molar-refractivity contribution in [1.82, 2.24) is 15.5 Å². The van der Waals surface area contributed by atoms with E-state index >= 15 is 0 Å². The molecule has 2 rings (SSSR count). The summed E-state index contributed by atoms with van der Waals surface area (Å²) in [5, 5.41) is 5.37. The number of urea groups is 1. The van der Waals surface area contributed by atoms with Gasteiger partial charge in [-0.25, -0.2) is 4.79 Å². The van der Waals surface area contributed by atoms with Crippen LogP contribution < -0.4 is 16.4 Å². The number of likely N-dealkylation sites (tertiary alicyclic amines) is 1. The van der Waals surface area contributed by atoms with Crippen molar-refractivity contribution in [2.75, 3.05) is 13.1 Å². The van der Waals surface area contributed by atoms with E-state index in [4.69, 9.17) is 5.73 Å². The molecule has 1 saturated carbocycles. The van der Waals surface area contributed by atoms with Crippen LogP contribution in [0, 0.1) is 0 Å². The predicted molar refractivity (Wildman–Crippen MR) is 86.4 cm³/mol. The quantitative estimate of drug-likeness (QED) is 0.731. The molecular weight excluding hydrogens is 280 g/mol. The van der Waals surface area contributed by atoms with Gasteiger partial charge in [-0.3, -0.25) is 15.0 Å². The topological polar surface area (TPSA) is 87.5 Å². The molecular formula is C16H30N4O2. The lowest BCUT2D eigenvalue weighted by molar-refractivity contribution is -0.122. The molecule has 2 aliphatic rings. The van der Waals surface area contributed by atoms with Gasteiger partial charge in [-0.1, -0.05) is 25.7 Å². The molecule has 0 aromatic carbocycles. The number of nitrogens with zero attached hydrogens (tertiary/aromatic N) is 1. The maximum Gasteiger partial charge on any atom is 0.321 e. The van der Waals surface area contributed by atoms with Crippen molar-refractivity contribution >= 4 is 11.9 Å². The summed E-state index contributed by atoms with van der Waals surface area (Å²) in [6, 6.07) is 0.143. The number of nitrogens with one attached hydrogen (secondary N) is 2. The summed E-state index contributed by atoms with van der Waals surface area (Å²) < 4.78 is 0. The van der Waals surface area contributed by atoms with Gasteiger partial charge >= 0.3 is 6.03 Å². The van der Waals surface area contributed by atoms with Crippen LogP contribution >= 0.6 is 0 Å². The van der Waals surface area contributed by atoms with Crippen LogP contribution in [0.1, 0.15) is 58.3 Å². The van der Waals surface area contributed by atoms with Gasteiger partial charge in [-0.2, -0.15) is 0 Å². The Kier molecular flexibility index (Phi) is 6.64. The molecule has 1 aliphatic heterocycles. The second kappa shape index (κ2) is 8.48. The zero-order chi connectivity index (χ0) is 15.9. The number of hydrogen-bond donors (Lipinski definition) is 3. The zero-order valence-electron chi connectivity index (χ0n) is 13.6. The monoisotopic (exact) mass is 310 g/mol. The van der Waals surface area contributed by atoms with Gasteiger partial charge in [-0.05, 0) is 39.2 Å². The lowest BCUT2D eigenvalue weighted by atomic mass is 9.96. The molecule has 2 unspecified atom stereocenters. The molecule has 0 radical (unpaired) electrons. The molecule has 0 aromatic rings. The van der Waals surface area contributed by atoms with Crippen LogP contribution in [0.15, 0.2) is 0 Å². The molecule has 0 aromatic heterocycles. The highest BCUT2D eigenvalue weighted by molar-refractivity contribution is 5.95. The maximum absolute atomic E-state index is 12.1. The van der Waals surface area contributed by atoms with Gasteiger partial charge in [0.2, 0.25) is 5.91 Å². The first kappa shape index (κ1) is 17.2. The fourth-order valence-electron chi connectivity index (χ4n) is 3.63. The Morgan fingerprint density at radius 1 is 1.14 bits per heavy atom. The van der Waals surface area contributed by atoms with E-state index in [1.54, 1.807) is 0 Å². The third-order valence-corrected chi connectivity index (χ3v) is 4.81. The van der Waals surface area contributed by atoms with Crippen molar-refractivity contribution in [2.45, 2.75) is 76.4 Å². The number of rotatable bonds is 4. The highest BCUT2D eigenvalue weighted by atomic mass is 16.2. The van der Waals surface area contributed by atoms with E-state index in [0.29, 0.717) is 0 Å². The minimum atomic E-state index is -0.355. The highest BCUT2D eigenvalue weighted by Gasteiger charge is 2.27. The van der Waals surface area contributed by atoms with Crippen LogP contribution in [-0.4, -0.2) is 48.1 Å². The third kappa shape index (κ3) is 5.25. The van der Waals surface area contributed by atoms with E-state index in [1.807, 2.05) is 6.92 Å². The molecule has 3 amide bonds. The Morgan fingerprint density at radius 2 is 1.82 bits per heavy atom. The first-order valence-electron chi connectivity index (χ1n) is 8.66. The lowest BCUT2D eigenvalue weighted by Crippen LogP contribution is -2.54. The molecule has 1 heterocycles. The fourth-order valence-corrected chi connectivity index (χ4v) is 3.63. The van der Waals surface area contributed by atoms with Gasteiger partial charge in [-0.15, -0.1) is 0 Å². The van der Waals surface area contributed by atoms with E-state index in [-0.39, 0.29) is 36.6 Å². The molecule has 4 N–H and O–H groups in total. The Labute approximate surface area is 133 Å². The third-order valence-electron chi connectivity index (χ3n) is 4.81. The van der Waals surface area contributed by atoms with Crippen molar-refractivity contribution in [3.05, 3.63) is 0 Å². The van der Waals surface area contributed by atoms with Crippen LogP contribution in [0.2, 0.25) is 0 Å². The minimum Gasteiger partial charge on any atom is -0.335 e. The average molecular weight is 310 g/mol. The van der Waals surface area contributed by atoms with Gasteiger partial charge in [0.25, 0.3) is 0 Å². The highest BCUT2D eigenvalue weighted by Crippen LogP contribution is 2.19. The largest absolute Gasteiger partial charge is 0.335 e. The first-order chi connectivity index (χ1) is 10.6. The van der Waals surface area contributed by atoms with Gasteiger partial charge in [0.1, 0.15) is 0 Å². The van der Waals surface area contributed by atoms with Crippen molar-refractivity contribution in [2.24, 2.45) is 5.73 Å². The van der Waals surface area contributed by atoms with Crippen LogP contribution in [0.25, 0.3) is 0 Å². The van der Waals surface area contributed by atoms with E-state index in [0.717, 1.165) is 51.5 Å². The zero-order valence-corrected chi connectivity index (χ0v) is 13.6. The molecule has 6 heteroatoms. The van der Waals surface area contributed by atoms with Crippen molar-refractivity contribution in [3.8, 4) is 0 Å². The number of piperidine rings is 1.